The van der Waals surface area contributed by atoms with E-state index < -0.39 is 5.97 Å². The molecule has 0 aromatic heterocycles. The summed E-state index contributed by atoms with van der Waals surface area (Å²) in [5.41, 5.74) is 5.65. The van der Waals surface area contributed by atoms with E-state index in [4.69, 9.17) is 15.2 Å². The zero-order chi connectivity index (χ0) is 11.1. The summed E-state index contributed by atoms with van der Waals surface area (Å²) >= 11 is 0. The molecule has 0 fully saturated rings. The summed E-state index contributed by atoms with van der Waals surface area (Å²) in [6.07, 6.45) is 1.25. The van der Waals surface area contributed by atoms with Crippen molar-refractivity contribution in [3.63, 3.8) is 0 Å². The lowest BCUT2D eigenvalue weighted by Gasteiger charge is -2.08. The number of methoxy groups -OCH3 is 1. The van der Waals surface area contributed by atoms with E-state index in [0.29, 0.717) is 0 Å². The van der Waals surface area contributed by atoms with Crippen molar-refractivity contribution in [1.82, 2.24) is 0 Å². The fourth-order valence-electron chi connectivity index (χ4n) is 0.763. The third-order valence-corrected chi connectivity index (χ3v) is 1.34. The minimum Gasteiger partial charge on any atom is -0.482 e. The van der Waals surface area contributed by atoms with E-state index in [0.717, 1.165) is 0 Å². The number of esters is 1. The Morgan fingerprint density at radius 2 is 2.07 bits per heavy atom. The quantitative estimate of drug-likeness (QED) is 0.252. The van der Waals surface area contributed by atoms with Crippen LogP contribution < -0.4 is 10.7 Å². The Balaban J connectivity index is 4.76. The molecule has 0 rings (SSSR count). The van der Waals surface area contributed by atoms with Gasteiger partial charge in [-0.05, 0) is 13.8 Å². The van der Waals surface area contributed by atoms with E-state index in [1.54, 1.807) is 20.9 Å². The standard InChI is InChI=1S/C9H16N2O3/c1-6(2)14-9(12)7(5-11-3)8(10)13-4/h5-6H,10H2,1-4H3/p+1/b8-7-,11-5?. The average molecular weight is 201 g/mol. The SMILES string of the molecule is C[NH+]=C/C(C(=O)OC(C)C)=C(\N)OC. The minimum absolute atomic E-state index is 0.0324. The van der Waals surface area contributed by atoms with Gasteiger partial charge in [-0.25, -0.2) is 9.79 Å². The zero-order valence-corrected chi connectivity index (χ0v) is 8.96. The summed E-state index contributed by atoms with van der Waals surface area (Å²) in [6, 6.07) is 0. The maximum Gasteiger partial charge on any atom is 0.349 e. The van der Waals surface area contributed by atoms with Gasteiger partial charge in [0, 0.05) is 0 Å². The molecule has 0 unspecified atom stereocenters. The molecule has 14 heavy (non-hydrogen) atoms. The normalized spacial score (nSPS) is 12.9. The van der Waals surface area contributed by atoms with Crippen LogP contribution >= 0.6 is 0 Å². The third kappa shape index (κ3) is 3.93. The van der Waals surface area contributed by atoms with Gasteiger partial charge in [0.15, 0.2) is 11.8 Å². The Morgan fingerprint density at radius 1 is 1.50 bits per heavy atom. The molecule has 5 heteroatoms. The first kappa shape index (κ1) is 12.5. The largest absolute Gasteiger partial charge is 0.482 e. The van der Waals surface area contributed by atoms with Gasteiger partial charge in [-0.15, -0.1) is 0 Å². The fourth-order valence-corrected chi connectivity index (χ4v) is 0.763. The molecule has 3 N–H and O–H groups in total. The topological polar surface area (TPSA) is 75.5 Å². The molecule has 0 aromatic carbocycles. The summed E-state index contributed by atoms with van der Waals surface area (Å²) in [4.78, 5) is 14.1. The van der Waals surface area contributed by atoms with Crippen LogP contribution in [0.3, 0.4) is 0 Å². The molecule has 0 spiro atoms. The molecule has 5 nitrogen and oxygen atoms in total. The van der Waals surface area contributed by atoms with Gasteiger partial charge in [0.2, 0.25) is 5.88 Å². The van der Waals surface area contributed by atoms with Crippen LogP contribution in [0.25, 0.3) is 0 Å². The van der Waals surface area contributed by atoms with Crippen molar-refractivity contribution in [2.24, 2.45) is 5.73 Å². The highest BCUT2D eigenvalue weighted by atomic mass is 16.5. The first-order chi connectivity index (χ1) is 6.52. The van der Waals surface area contributed by atoms with Gasteiger partial charge in [-0.1, -0.05) is 0 Å². The summed E-state index contributed by atoms with van der Waals surface area (Å²) in [5.74, 6) is -0.473. The van der Waals surface area contributed by atoms with Crippen molar-refractivity contribution in [3.8, 4) is 0 Å². The lowest BCUT2D eigenvalue weighted by atomic mass is 10.3. The maximum absolute atomic E-state index is 11.4. The van der Waals surface area contributed by atoms with E-state index >= 15 is 0 Å². The minimum atomic E-state index is -0.506. The van der Waals surface area contributed by atoms with Gasteiger partial charge in [0.1, 0.15) is 7.05 Å². The molecule has 0 aromatic rings. The summed E-state index contributed by atoms with van der Waals surface area (Å²) in [5, 5.41) is 0. The van der Waals surface area contributed by atoms with Crippen molar-refractivity contribution in [3.05, 3.63) is 11.5 Å². The average Bonchev–Trinajstić information content (AvgIpc) is 2.11. The van der Waals surface area contributed by atoms with Crippen LogP contribution in [-0.4, -0.2) is 32.4 Å². The zero-order valence-electron chi connectivity index (χ0n) is 8.96. The van der Waals surface area contributed by atoms with Crippen molar-refractivity contribution in [1.29, 1.82) is 0 Å². The van der Waals surface area contributed by atoms with E-state index in [1.807, 2.05) is 0 Å². The summed E-state index contributed by atoms with van der Waals surface area (Å²) < 4.78 is 9.71. The Labute approximate surface area is 83.6 Å². The first-order valence-electron chi connectivity index (χ1n) is 4.28. The Bertz CT molecular complexity index is 257. The summed E-state index contributed by atoms with van der Waals surface area (Å²) in [7, 11) is 3.05. The molecule has 0 saturated carbocycles. The van der Waals surface area contributed by atoms with Crippen LogP contribution in [0.4, 0.5) is 0 Å². The van der Waals surface area contributed by atoms with Crippen LogP contribution in [0, 0.1) is 0 Å². The van der Waals surface area contributed by atoms with E-state index in [9.17, 15) is 4.79 Å². The van der Waals surface area contributed by atoms with Gasteiger partial charge in [-0.2, -0.15) is 0 Å². The second-order valence-corrected chi connectivity index (χ2v) is 2.87. The molecule has 0 radical (unpaired) electrons. The Kier molecular flexibility index (Phi) is 5.36. The maximum atomic E-state index is 11.4. The van der Waals surface area contributed by atoms with E-state index in [2.05, 4.69) is 4.99 Å². The molecular formula is C9H17N2O3+. The van der Waals surface area contributed by atoms with Gasteiger partial charge >= 0.3 is 5.97 Å². The van der Waals surface area contributed by atoms with Crippen LogP contribution in [0.5, 0.6) is 0 Å². The number of ether oxygens (including phenoxy) is 2. The third-order valence-electron chi connectivity index (χ3n) is 1.34. The molecule has 0 amide bonds. The predicted molar refractivity (Wildman–Crippen MR) is 52.4 cm³/mol. The van der Waals surface area contributed by atoms with Gasteiger partial charge in [0.05, 0.1) is 13.2 Å². The van der Waals surface area contributed by atoms with E-state index in [-0.39, 0.29) is 17.6 Å². The Hall–Kier alpha value is -1.52. The number of carbonyl (C=O) groups is 1. The molecule has 0 heterocycles. The molecule has 80 valence electrons. The number of hydrogen-bond donors (Lipinski definition) is 2. The lowest BCUT2D eigenvalue weighted by molar-refractivity contribution is -0.413. The van der Waals surface area contributed by atoms with Crippen molar-refractivity contribution in [2.45, 2.75) is 20.0 Å². The van der Waals surface area contributed by atoms with Gasteiger partial charge in [0.25, 0.3) is 0 Å². The monoisotopic (exact) mass is 201 g/mol. The van der Waals surface area contributed by atoms with Gasteiger partial charge in [-0.3, -0.25) is 0 Å². The first-order valence-corrected chi connectivity index (χ1v) is 4.28. The number of rotatable bonds is 4. The van der Waals surface area contributed by atoms with Crippen molar-refractivity contribution < 1.29 is 19.3 Å². The van der Waals surface area contributed by atoms with Crippen LogP contribution in [0.15, 0.2) is 11.5 Å². The Morgan fingerprint density at radius 3 is 2.43 bits per heavy atom. The molecule has 0 saturated heterocycles. The highest BCUT2D eigenvalue weighted by Crippen LogP contribution is 2.01. The number of carbonyl (C=O) groups excluding carboxylic acids is 1. The molecular weight excluding hydrogens is 184 g/mol. The van der Waals surface area contributed by atoms with Crippen LogP contribution in [0.1, 0.15) is 13.8 Å². The summed E-state index contributed by atoms with van der Waals surface area (Å²) in [6.45, 7) is 3.52. The number of nitrogens with one attached hydrogen (secondary N) is 1. The molecule has 0 atom stereocenters. The lowest BCUT2D eigenvalue weighted by Crippen LogP contribution is -2.63. The second kappa shape index (κ2) is 6.01. The van der Waals surface area contributed by atoms with Crippen molar-refractivity contribution >= 4 is 12.2 Å². The second-order valence-electron chi connectivity index (χ2n) is 2.87. The fraction of sp³-hybridized carbons (Fsp3) is 0.556. The van der Waals surface area contributed by atoms with Gasteiger partial charge < -0.3 is 15.2 Å². The van der Waals surface area contributed by atoms with Crippen LogP contribution in [-0.2, 0) is 14.3 Å². The molecule has 0 aliphatic rings. The highest BCUT2D eigenvalue weighted by Gasteiger charge is 2.17. The highest BCUT2D eigenvalue weighted by molar-refractivity contribution is 6.08. The number of nitrogens with two attached hydrogens (primary N) is 1. The molecule has 0 aliphatic heterocycles. The smallest absolute Gasteiger partial charge is 0.349 e. The molecule has 0 aliphatic carbocycles. The molecule has 0 bridgehead atoms. The van der Waals surface area contributed by atoms with Crippen molar-refractivity contribution in [2.75, 3.05) is 14.2 Å². The number of hydrogen-bond acceptors (Lipinski definition) is 4. The predicted octanol–water partition coefficient (Wildman–Crippen LogP) is -1.46. The van der Waals surface area contributed by atoms with E-state index in [1.165, 1.54) is 13.3 Å². The van der Waals surface area contributed by atoms with Crippen LogP contribution in [0.2, 0.25) is 0 Å².